The number of ether oxygens (including phenoxy) is 1. The summed E-state index contributed by atoms with van der Waals surface area (Å²) < 4.78 is 7.33. The van der Waals surface area contributed by atoms with Crippen LogP contribution in [0.3, 0.4) is 0 Å². The minimum Gasteiger partial charge on any atom is -0.488 e. The Morgan fingerprint density at radius 2 is 2.03 bits per heavy atom. The molecule has 166 valence electrons. The first-order chi connectivity index (χ1) is 15.5. The van der Waals surface area contributed by atoms with Crippen molar-refractivity contribution >= 4 is 45.0 Å². The fourth-order valence-corrected chi connectivity index (χ4v) is 5.65. The summed E-state index contributed by atoms with van der Waals surface area (Å²) in [5, 5.41) is 4.00. The van der Waals surface area contributed by atoms with Gasteiger partial charge >= 0.3 is 0 Å². The summed E-state index contributed by atoms with van der Waals surface area (Å²) in [6.07, 6.45) is 4.26. The molecule has 1 atom stereocenters. The number of aromatic nitrogens is 2. The van der Waals surface area contributed by atoms with Crippen LogP contribution >= 0.6 is 22.9 Å². The van der Waals surface area contributed by atoms with Crippen molar-refractivity contribution in [2.24, 2.45) is 0 Å². The maximum absolute atomic E-state index is 12.0. The standard InChI is InChI=1S/C23H23ClN4O3S/c1-13-7-14(24)8-17(22(13)31-15-3-2-6-25-10-15)21-23-18(26-12-27-21)9-16(32-23)11-28-19(29)4-5-20(28)30/h7-9,12,15,25H,2-6,10-11H2,1H3/t15-/m0/s1. The monoisotopic (exact) mass is 470 g/mol. The van der Waals surface area contributed by atoms with E-state index in [2.05, 4.69) is 15.3 Å². The maximum atomic E-state index is 12.0. The van der Waals surface area contributed by atoms with E-state index in [1.165, 1.54) is 22.6 Å². The summed E-state index contributed by atoms with van der Waals surface area (Å²) in [6, 6.07) is 5.71. The van der Waals surface area contributed by atoms with Crippen molar-refractivity contribution < 1.29 is 14.3 Å². The third-order valence-corrected chi connectivity index (χ3v) is 7.20. The number of nitrogens with zero attached hydrogens (tertiary/aromatic N) is 3. The number of fused-ring (bicyclic) bond motifs is 1. The molecule has 3 aromatic rings. The number of halogens is 1. The molecule has 2 amide bonds. The van der Waals surface area contributed by atoms with E-state index in [0.29, 0.717) is 5.02 Å². The van der Waals surface area contributed by atoms with Crippen LogP contribution in [0.15, 0.2) is 24.5 Å². The molecule has 2 aromatic heterocycles. The van der Waals surface area contributed by atoms with Crippen LogP contribution in [-0.4, -0.2) is 45.9 Å². The van der Waals surface area contributed by atoms with Crippen LogP contribution in [0.1, 0.15) is 36.1 Å². The average molecular weight is 471 g/mol. The Morgan fingerprint density at radius 3 is 2.78 bits per heavy atom. The van der Waals surface area contributed by atoms with Gasteiger partial charge in [-0.2, -0.15) is 0 Å². The van der Waals surface area contributed by atoms with E-state index in [4.69, 9.17) is 16.3 Å². The molecule has 5 rings (SSSR count). The van der Waals surface area contributed by atoms with E-state index in [1.54, 1.807) is 0 Å². The Bertz CT molecular complexity index is 1190. The molecular weight excluding hydrogens is 448 g/mol. The molecule has 0 radical (unpaired) electrons. The Hall–Kier alpha value is -2.55. The van der Waals surface area contributed by atoms with Crippen molar-refractivity contribution in [1.29, 1.82) is 0 Å². The number of benzene rings is 1. The van der Waals surface area contributed by atoms with Crippen LogP contribution in [0.4, 0.5) is 0 Å². The fraction of sp³-hybridized carbons (Fsp3) is 0.391. The first kappa shape index (κ1) is 21.3. The molecule has 32 heavy (non-hydrogen) atoms. The molecule has 2 fully saturated rings. The van der Waals surface area contributed by atoms with Gasteiger partial charge in [-0.25, -0.2) is 9.97 Å². The zero-order valence-corrected chi connectivity index (χ0v) is 19.3. The zero-order valence-electron chi connectivity index (χ0n) is 17.7. The Kier molecular flexibility index (Phi) is 5.84. The Balaban J connectivity index is 1.55. The van der Waals surface area contributed by atoms with Gasteiger partial charge in [0.05, 0.1) is 22.5 Å². The van der Waals surface area contributed by atoms with Gasteiger partial charge in [-0.1, -0.05) is 11.6 Å². The highest BCUT2D eigenvalue weighted by atomic mass is 35.5. The lowest BCUT2D eigenvalue weighted by Gasteiger charge is -2.26. The quantitative estimate of drug-likeness (QED) is 0.565. The van der Waals surface area contributed by atoms with Crippen molar-refractivity contribution in [3.8, 4) is 17.0 Å². The lowest BCUT2D eigenvalue weighted by molar-refractivity contribution is -0.138. The molecule has 0 bridgehead atoms. The van der Waals surface area contributed by atoms with E-state index in [0.717, 1.165) is 63.6 Å². The third kappa shape index (κ3) is 4.10. The van der Waals surface area contributed by atoms with Crippen LogP contribution in [0, 0.1) is 6.92 Å². The maximum Gasteiger partial charge on any atom is 0.230 e. The number of likely N-dealkylation sites (tertiary alicyclic amines) is 1. The second kappa shape index (κ2) is 8.77. The minimum atomic E-state index is -0.124. The fourth-order valence-electron chi connectivity index (χ4n) is 4.28. The lowest BCUT2D eigenvalue weighted by Crippen LogP contribution is -2.37. The number of rotatable bonds is 5. The molecule has 1 aromatic carbocycles. The van der Waals surface area contributed by atoms with Gasteiger partial charge < -0.3 is 10.1 Å². The number of nitrogens with one attached hydrogen (secondary N) is 1. The third-order valence-electron chi connectivity index (χ3n) is 5.86. The number of amides is 2. The number of aryl methyl sites for hydroxylation is 1. The first-order valence-corrected chi connectivity index (χ1v) is 11.9. The largest absolute Gasteiger partial charge is 0.488 e. The zero-order chi connectivity index (χ0) is 22.2. The van der Waals surface area contributed by atoms with E-state index >= 15 is 0 Å². The van der Waals surface area contributed by atoms with Gasteiger partial charge in [0.15, 0.2) is 0 Å². The predicted molar refractivity (Wildman–Crippen MR) is 124 cm³/mol. The van der Waals surface area contributed by atoms with Crippen LogP contribution < -0.4 is 10.1 Å². The van der Waals surface area contributed by atoms with Crippen molar-refractivity contribution in [3.05, 3.63) is 40.0 Å². The highest BCUT2D eigenvalue weighted by Crippen LogP contribution is 2.41. The molecule has 2 saturated heterocycles. The molecule has 9 heteroatoms. The van der Waals surface area contributed by atoms with Gasteiger partial charge in [0.1, 0.15) is 18.2 Å². The lowest BCUT2D eigenvalue weighted by atomic mass is 10.0. The van der Waals surface area contributed by atoms with E-state index in [9.17, 15) is 9.59 Å². The van der Waals surface area contributed by atoms with Crippen LogP contribution in [-0.2, 0) is 16.1 Å². The van der Waals surface area contributed by atoms with Crippen molar-refractivity contribution in [2.45, 2.75) is 45.3 Å². The number of hydrogen-bond acceptors (Lipinski definition) is 7. The van der Waals surface area contributed by atoms with Gasteiger partial charge in [-0.05, 0) is 50.1 Å². The molecular formula is C23H23ClN4O3S. The SMILES string of the molecule is Cc1cc(Cl)cc(-c2ncnc3cc(CN4C(=O)CCC4=O)sc23)c1O[C@H]1CCCNC1. The Labute approximate surface area is 194 Å². The first-order valence-electron chi connectivity index (χ1n) is 10.7. The van der Waals surface area contributed by atoms with Gasteiger partial charge in [-0.15, -0.1) is 11.3 Å². The van der Waals surface area contributed by atoms with Gasteiger partial charge in [0.2, 0.25) is 11.8 Å². The van der Waals surface area contributed by atoms with Gasteiger partial charge in [0.25, 0.3) is 0 Å². The smallest absolute Gasteiger partial charge is 0.230 e. The van der Waals surface area contributed by atoms with E-state index < -0.39 is 0 Å². The summed E-state index contributed by atoms with van der Waals surface area (Å²) in [5.74, 6) is 0.532. The van der Waals surface area contributed by atoms with E-state index in [-0.39, 0.29) is 37.3 Å². The number of carbonyl (C=O) groups excluding carboxylic acids is 2. The molecule has 1 N–H and O–H groups in total. The molecule has 7 nitrogen and oxygen atoms in total. The number of imide groups is 1. The van der Waals surface area contributed by atoms with Gasteiger partial charge in [0, 0.05) is 34.8 Å². The van der Waals surface area contributed by atoms with Crippen LogP contribution in [0.25, 0.3) is 21.5 Å². The highest BCUT2D eigenvalue weighted by molar-refractivity contribution is 7.19. The highest BCUT2D eigenvalue weighted by Gasteiger charge is 2.29. The van der Waals surface area contributed by atoms with Crippen LogP contribution in [0.5, 0.6) is 5.75 Å². The topological polar surface area (TPSA) is 84.4 Å². The molecule has 0 unspecified atom stereocenters. The summed E-state index contributed by atoms with van der Waals surface area (Å²) in [7, 11) is 0. The summed E-state index contributed by atoms with van der Waals surface area (Å²) in [6.45, 7) is 4.08. The van der Waals surface area contributed by atoms with E-state index in [1.807, 2.05) is 25.1 Å². The number of thiophene rings is 1. The average Bonchev–Trinajstić information content (AvgIpc) is 3.34. The normalized spacial score (nSPS) is 19.2. The predicted octanol–water partition coefficient (Wildman–Crippen LogP) is 4.10. The van der Waals surface area contributed by atoms with Crippen molar-refractivity contribution in [3.63, 3.8) is 0 Å². The summed E-state index contributed by atoms with van der Waals surface area (Å²) in [4.78, 5) is 35.3. The second-order valence-electron chi connectivity index (χ2n) is 8.21. The molecule has 0 aliphatic carbocycles. The molecule has 0 spiro atoms. The van der Waals surface area contributed by atoms with Crippen LogP contribution in [0.2, 0.25) is 5.02 Å². The second-order valence-corrected chi connectivity index (χ2v) is 9.78. The summed E-state index contributed by atoms with van der Waals surface area (Å²) in [5.41, 5.74) is 3.30. The van der Waals surface area contributed by atoms with Crippen molar-refractivity contribution in [1.82, 2.24) is 20.2 Å². The molecule has 4 heterocycles. The molecule has 2 aliphatic rings. The molecule has 0 saturated carbocycles. The Morgan fingerprint density at radius 1 is 1.22 bits per heavy atom. The number of carbonyl (C=O) groups is 2. The number of hydrogen-bond donors (Lipinski definition) is 1. The molecule has 2 aliphatic heterocycles. The number of piperidine rings is 1. The van der Waals surface area contributed by atoms with Gasteiger partial charge in [-0.3, -0.25) is 14.5 Å². The summed E-state index contributed by atoms with van der Waals surface area (Å²) >= 11 is 7.92. The van der Waals surface area contributed by atoms with Crippen molar-refractivity contribution in [2.75, 3.05) is 13.1 Å². The minimum absolute atomic E-state index is 0.0887.